The van der Waals surface area contributed by atoms with E-state index in [0.717, 1.165) is 49.4 Å². The van der Waals surface area contributed by atoms with E-state index < -0.39 is 0 Å². The smallest absolute Gasteiger partial charge is 0.223 e. The van der Waals surface area contributed by atoms with Gasteiger partial charge in [0.2, 0.25) is 11.9 Å². The zero-order valence-corrected chi connectivity index (χ0v) is 21.4. The Bertz CT molecular complexity index is 1320. The van der Waals surface area contributed by atoms with Crippen LogP contribution in [0.1, 0.15) is 61.7 Å². The lowest BCUT2D eigenvalue weighted by Crippen LogP contribution is -2.42. The van der Waals surface area contributed by atoms with E-state index in [0.29, 0.717) is 6.04 Å². The SMILES string of the molecule is O=C(NC(Cc1ccccc1)c1ccccc1)C1CCN(c2nc3ccccc3n2C2CCCC2)CC1. The number of hydrogen-bond acceptors (Lipinski definition) is 3. The Hall–Kier alpha value is -3.60. The summed E-state index contributed by atoms with van der Waals surface area (Å²) in [5.41, 5.74) is 4.71. The molecule has 1 aliphatic carbocycles. The summed E-state index contributed by atoms with van der Waals surface area (Å²) in [6.07, 6.45) is 7.55. The number of para-hydroxylation sites is 2. The summed E-state index contributed by atoms with van der Waals surface area (Å²) in [5, 5.41) is 3.41. The minimum atomic E-state index is -0.0271. The highest BCUT2D eigenvalue weighted by Gasteiger charge is 2.31. The van der Waals surface area contributed by atoms with Crippen molar-refractivity contribution in [3.63, 3.8) is 0 Å². The molecule has 0 radical (unpaired) electrons. The minimum Gasteiger partial charge on any atom is -0.349 e. The van der Waals surface area contributed by atoms with Gasteiger partial charge in [0, 0.05) is 25.0 Å². The van der Waals surface area contributed by atoms with Crippen molar-refractivity contribution in [1.82, 2.24) is 14.9 Å². The summed E-state index contributed by atoms with van der Waals surface area (Å²) >= 11 is 0. The average molecular weight is 493 g/mol. The van der Waals surface area contributed by atoms with Gasteiger partial charge in [-0.15, -0.1) is 0 Å². The molecule has 1 atom stereocenters. The maximum Gasteiger partial charge on any atom is 0.223 e. The van der Waals surface area contributed by atoms with E-state index >= 15 is 0 Å². The molecule has 1 amide bonds. The zero-order valence-electron chi connectivity index (χ0n) is 21.4. The molecule has 0 spiro atoms. The van der Waals surface area contributed by atoms with E-state index in [1.165, 1.54) is 36.8 Å². The molecule has 1 aromatic heterocycles. The Morgan fingerprint density at radius 2 is 1.49 bits per heavy atom. The van der Waals surface area contributed by atoms with Crippen LogP contribution in [0.5, 0.6) is 0 Å². The molecule has 3 aromatic carbocycles. The van der Waals surface area contributed by atoms with Crippen LogP contribution in [-0.4, -0.2) is 28.5 Å². The van der Waals surface area contributed by atoms with Crippen molar-refractivity contribution in [3.05, 3.63) is 96.1 Å². The number of benzene rings is 3. The second-order valence-corrected chi connectivity index (χ2v) is 10.6. The predicted octanol–water partition coefficient (Wildman–Crippen LogP) is 6.47. The third kappa shape index (κ3) is 5.13. The first kappa shape index (κ1) is 23.8. The Kier molecular flexibility index (Phi) is 6.94. The van der Waals surface area contributed by atoms with Crippen LogP contribution in [0.15, 0.2) is 84.9 Å². The Morgan fingerprint density at radius 3 is 2.22 bits per heavy atom. The first-order valence-corrected chi connectivity index (χ1v) is 13.9. The number of rotatable bonds is 7. The summed E-state index contributed by atoms with van der Waals surface area (Å²) < 4.78 is 2.49. The topological polar surface area (TPSA) is 50.2 Å². The Labute approximate surface area is 219 Å². The van der Waals surface area contributed by atoms with Gasteiger partial charge in [0.25, 0.3) is 0 Å². The maximum absolute atomic E-state index is 13.5. The number of anilines is 1. The van der Waals surface area contributed by atoms with Crippen molar-refractivity contribution in [3.8, 4) is 0 Å². The molecular formula is C32H36N4O. The van der Waals surface area contributed by atoms with Gasteiger partial charge >= 0.3 is 0 Å². The van der Waals surface area contributed by atoms with Gasteiger partial charge in [0.05, 0.1) is 17.1 Å². The molecule has 5 heteroatoms. The number of carbonyl (C=O) groups is 1. The second-order valence-electron chi connectivity index (χ2n) is 10.6. The number of nitrogens with one attached hydrogen (secondary N) is 1. The highest BCUT2D eigenvalue weighted by Crippen LogP contribution is 2.37. The molecule has 1 N–H and O–H groups in total. The quantitative estimate of drug-likeness (QED) is 0.322. The summed E-state index contributed by atoms with van der Waals surface area (Å²) in [5.74, 6) is 1.30. The number of imidazole rings is 1. The van der Waals surface area contributed by atoms with Gasteiger partial charge in [-0.2, -0.15) is 0 Å². The summed E-state index contributed by atoms with van der Waals surface area (Å²) in [7, 11) is 0. The van der Waals surface area contributed by atoms with Crippen molar-refractivity contribution < 1.29 is 4.79 Å². The fraction of sp³-hybridized carbons (Fsp3) is 0.375. The molecule has 1 aliphatic heterocycles. The van der Waals surface area contributed by atoms with Crippen molar-refractivity contribution in [2.75, 3.05) is 18.0 Å². The van der Waals surface area contributed by atoms with Gasteiger partial charge in [0.1, 0.15) is 0 Å². The molecule has 1 saturated heterocycles. The predicted molar refractivity (Wildman–Crippen MR) is 150 cm³/mol. The van der Waals surface area contributed by atoms with Crippen LogP contribution in [0.3, 0.4) is 0 Å². The molecule has 2 aliphatic rings. The molecular weight excluding hydrogens is 456 g/mol. The van der Waals surface area contributed by atoms with E-state index in [1.807, 2.05) is 12.1 Å². The lowest BCUT2D eigenvalue weighted by molar-refractivity contribution is -0.126. The van der Waals surface area contributed by atoms with Crippen LogP contribution < -0.4 is 10.2 Å². The monoisotopic (exact) mass is 492 g/mol. The normalized spacial score (nSPS) is 17.8. The third-order valence-electron chi connectivity index (χ3n) is 8.22. The fourth-order valence-electron chi connectivity index (χ4n) is 6.20. The largest absolute Gasteiger partial charge is 0.349 e. The lowest BCUT2D eigenvalue weighted by Gasteiger charge is -2.34. The van der Waals surface area contributed by atoms with Gasteiger partial charge in [-0.05, 0) is 55.4 Å². The van der Waals surface area contributed by atoms with E-state index in [1.54, 1.807) is 0 Å². The van der Waals surface area contributed by atoms with Crippen LogP contribution in [0, 0.1) is 5.92 Å². The highest BCUT2D eigenvalue weighted by molar-refractivity contribution is 5.80. The molecule has 0 bridgehead atoms. The number of hydrogen-bond donors (Lipinski definition) is 1. The Balaban J connectivity index is 1.16. The van der Waals surface area contributed by atoms with E-state index in [2.05, 4.69) is 87.6 Å². The molecule has 4 aromatic rings. The van der Waals surface area contributed by atoms with Crippen molar-refractivity contribution >= 4 is 22.9 Å². The standard InChI is InChI=1S/C32H36N4O/c37-31(33-29(25-13-5-2-6-14-25)23-24-11-3-1-4-12-24)26-19-21-35(22-20-26)32-34-28-17-9-10-18-30(28)36(32)27-15-7-8-16-27/h1-6,9-14,17-18,26-27,29H,7-8,15-16,19-23H2,(H,33,37). The van der Waals surface area contributed by atoms with Crippen molar-refractivity contribution in [2.45, 2.75) is 57.0 Å². The molecule has 1 unspecified atom stereocenters. The third-order valence-corrected chi connectivity index (χ3v) is 8.22. The van der Waals surface area contributed by atoms with Crippen molar-refractivity contribution in [2.24, 2.45) is 5.92 Å². The van der Waals surface area contributed by atoms with Crippen molar-refractivity contribution in [1.29, 1.82) is 0 Å². The lowest BCUT2D eigenvalue weighted by atomic mass is 9.93. The number of nitrogens with zero attached hydrogens (tertiary/aromatic N) is 3. The van der Waals surface area contributed by atoms with Crippen LogP contribution in [0.2, 0.25) is 0 Å². The summed E-state index contributed by atoms with van der Waals surface area (Å²) in [6, 6.07) is 29.8. The highest BCUT2D eigenvalue weighted by atomic mass is 16.2. The van der Waals surface area contributed by atoms with Gasteiger partial charge in [0.15, 0.2) is 0 Å². The van der Waals surface area contributed by atoms with Crippen LogP contribution >= 0.6 is 0 Å². The number of amides is 1. The van der Waals surface area contributed by atoms with Crippen LogP contribution in [0.25, 0.3) is 11.0 Å². The van der Waals surface area contributed by atoms with Gasteiger partial charge in [-0.25, -0.2) is 4.98 Å². The fourth-order valence-corrected chi connectivity index (χ4v) is 6.20. The average Bonchev–Trinajstić information content (AvgIpc) is 3.62. The summed E-state index contributed by atoms with van der Waals surface area (Å²) in [6.45, 7) is 1.73. The second kappa shape index (κ2) is 10.8. The maximum atomic E-state index is 13.5. The molecule has 1 saturated carbocycles. The molecule has 5 nitrogen and oxygen atoms in total. The van der Waals surface area contributed by atoms with E-state index in [-0.39, 0.29) is 17.9 Å². The first-order valence-electron chi connectivity index (χ1n) is 13.9. The van der Waals surface area contributed by atoms with E-state index in [9.17, 15) is 4.79 Å². The number of carbonyl (C=O) groups excluding carboxylic acids is 1. The Morgan fingerprint density at radius 1 is 0.838 bits per heavy atom. The molecule has 190 valence electrons. The molecule has 6 rings (SSSR count). The van der Waals surface area contributed by atoms with Gasteiger partial charge in [-0.3, -0.25) is 4.79 Å². The summed E-state index contributed by atoms with van der Waals surface area (Å²) in [4.78, 5) is 21.0. The number of aromatic nitrogens is 2. The number of piperidine rings is 1. The first-order chi connectivity index (χ1) is 18.3. The van der Waals surface area contributed by atoms with E-state index in [4.69, 9.17) is 4.98 Å². The minimum absolute atomic E-state index is 0.0271. The molecule has 37 heavy (non-hydrogen) atoms. The van der Waals surface area contributed by atoms with Crippen LogP contribution in [0.4, 0.5) is 5.95 Å². The molecule has 2 fully saturated rings. The van der Waals surface area contributed by atoms with Gasteiger partial charge in [-0.1, -0.05) is 85.6 Å². The number of fused-ring (bicyclic) bond motifs is 1. The zero-order chi connectivity index (χ0) is 25.0. The molecule has 2 heterocycles. The van der Waals surface area contributed by atoms with Gasteiger partial charge < -0.3 is 14.8 Å². The van der Waals surface area contributed by atoms with Crippen LogP contribution in [-0.2, 0) is 11.2 Å².